The van der Waals surface area contributed by atoms with Gasteiger partial charge in [0.1, 0.15) is 0 Å². The molecule has 0 radical (unpaired) electrons. The van der Waals surface area contributed by atoms with E-state index in [9.17, 15) is 8.78 Å². The van der Waals surface area contributed by atoms with Gasteiger partial charge in [-0.1, -0.05) is 34.1 Å². The average Bonchev–Trinajstić information content (AvgIpc) is 2.78. The van der Waals surface area contributed by atoms with E-state index in [1.54, 1.807) is 6.07 Å². The second-order valence-electron chi connectivity index (χ2n) is 4.36. The van der Waals surface area contributed by atoms with E-state index in [4.69, 9.17) is 0 Å². The molecule has 2 aromatic carbocycles. The quantitative estimate of drug-likeness (QED) is 0.643. The van der Waals surface area contributed by atoms with Crippen molar-refractivity contribution in [2.24, 2.45) is 0 Å². The summed E-state index contributed by atoms with van der Waals surface area (Å²) < 4.78 is 29.7. The fourth-order valence-corrected chi connectivity index (χ4v) is 2.50. The van der Waals surface area contributed by atoms with Crippen molar-refractivity contribution in [1.82, 2.24) is 4.57 Å². The third kappa shape index (κ3) is 2.28. The molecule has 1 aromatic heterocycles. The Morgan fingerprint density at radius 3 is 2.74 bits per heavy atom. The second kappa shape index (κ2) is 4.78. The molecule has 0 aliphatic rings. The number of hydrogen-bond acceptors (Lipinski definition) is 0. The lowest BCUT2D eigenvalue weighted by Crippen LogP contribution is -2.02. The molecule has 0 N–H and O–H groups in total. The molecule has 3 rings (SSSR count). The molecule has 0 amide bonds. The molecule has 0 atom stereocenters. The van der Waals surface area contributed by atoms with E-state index >= 15 is 0 Å². The van der Waals surface area contributed by atoms with Crippen molar-refractivity contribution < 1.29 is 8.78 Å². The first-order chi connectivity index (χ1) is 9.15. The predicted molar refractivity (Wildman–Crippen MR) is 75.1 cm³/mol. The molecule has 0 saturated carbocycles. The number of fused-ring (bicyclic) bond motifs is 1. The van der Waals surface area contributed by atoms with E-state index in [-0.39, 0.29) is 0 Å². The molecule has 1 nitrogen and oxygen atoms in total. The van der Waals surface area contributed by atoms with Gasteiger partial charge in [0.05, 0.1) is 6.54 Å². The van der Waals surface area contributed by atoms with Crippen molar-refractivity contribution in [1.29, 1.82) is 0 Å². The Morgan fingerprint density at radius 1 is 1.05 bits per heavy atom. The van der Waals surface area contributed by atoms with Crippen molar-refractivity contribution in [3.8, 4) is 0 Å². The molecule has 0 bridgehead atoms. The van der Waals surface area contributed by atoms with E-state index in [0.717, 1.165) is 21.4 Å². The van der Waals surface area contributed by atoms with Crippen LogP contribution in [-0.2, 0) is 6.54 Å². The van der Waals surface area contributed by atoms with Crippen LogP contribution in [0.4, 0.5) is 8.78 Å². The molecular weight excluding hydrogens is 312 g/mol. The van der Waals surface area contributed by atoms with Crippen LogP contribution in [0.25, 0.3) is 10.9 Å². The third-order valence-corrected chi connectivity index (χ3v) is 3.60. The second-order valence-corrected chi connectivity index (χ2v) is 5.28. The molecular formula is C15H10BrF2N. The van der Waals surface area contributed by atoms with Crippen molar-refractivity contribution in [2.75, 3.05) is 0 Å². The Kier molecular flexibility index (Phi) is 3.11. The standard InChI is InChI=1S/C15H10BrF2N/c16-12-5-4-10-6-7-19(14(10)8-12)9-11-2-1-3-13(17)15(11)18/h1-8H,9H2. The van der Waals surface area contributed by atoms with Crippen LogP contribution in [0, 0.1) is 11.6 Å². The smallest absolute Gasteiger partial charge is 0.163 e. The van der Waals surface area contributed by atoms with Crippen LogP contribution in [0.3, 0.4) is 0 Å². The maximum absolute atomic E-state index is 13.7. The summed E-state index contributed by atoms with van der Waals surface area (Å²) in [5, 5.41) is 1.07. The Hall–Kier alpha value is -1.68. The molecule has 4 heteroatoms. The Morgan fingerprint density at radius 2 is 1.89 bits per heavy atom. The zero-order valence-electron chi connectivity index (χ0n) is 9.91. The maximum atomic E-state index is 13.7. The topological polar surface area (TPSA) is 4.93 Å². The Labute approximate surface area is 117 Å². The van der Waals surface area contributed by atoms with Crippen LogP contribution in [-0.4, -0.2) is 4.57 Å². The highest BCUT2D eigenvalue weighted by atomic mass is 79.9. The molecule has 0 aliphatic heterocycles. The highest BCUT2D eigenvalue weighted by Crippen LogP contribution is 2.22. The zero-order chi connectivity index (χ0) is 13.4. The summed E-state index contributed by atoms with van der Waals surface area (Å²) >= 11 is 3.42. The molecule has 0 saturated heterocycles. The van der Waals surface area contributed by atoms with Gasteiger partial charge in [0.15, 0.2) is 11.6 Å². The number of benzene rings is 2. The summed E-state index contributed by atoms with van der Waals surface area (Å²) in [4.78, 5) is 0. The molecule has 0 unspecified atom stereocenters. The summed E-state index contributed by atoms with van der Waals surface area (Å²) in [6.07, 6.45) is 1.88. The minimum absolute atomic E-state index is 0.309. The van der Waals surface area contributed by atoms with Gasteiger partial charge >= 0.3 is 0 Å². The van der Waals surface area contributed by atoms with Crippen LogP contribution in [0.5, 0.6) is 0 Å². The van der Waals surface area contributed by atoms with Gasteiger partial charge in [-0.2, -0.15) is 0 Å². The Balaban J connectivity index is 2.06. The maximum Gasteiger partial charge on any atom is 0.163 e. The number of hydrogen-bond donors (Lipinski definition) is 0. The highest BCUT2D eigenvalue weighted by molar-refractivity contribution is 9.10. The molecule has 0 fully saturated rings. The molecule has 1 heterocycles. The number of rotatable bonds is 2. The van der Waals surface area contributed by atoms with Crippen molar-refractivity contribution in [3.05, 3.63) is 70.3 Å². The largest absolute Gasteiger partial charge is 0.343 e. The first-order valence-electron chi connectivity index (χ1n) is 5.82. The highest BCUT2D eigenvalue weighted by Gasteiger charge is 2.09. The predicted octanol–water partition coefficient (Wildman–Crippen LogP) is 4.73. The van der Waals surface area contributed by atoms with Gasteiger partial charge < -0.3 is 4.57 Å². The van der Waals surface area contributed by atoms with Crippen LogP contribution < -0.4 is 0 Å². The van der Waals surface area contributed by atoms with Gasteiger partial charge in [-0.3, -0.25) is 0 Å². The van der Waals surface area contributed by atoms with Gasteiger partial charge in [-0.15, -0.1) is 0 Å². The van der Waals surface area contributed by atoms with E-state index in [1.165, 1.54) is 6.07 Å². The monoisotopic (exact) mass is 321 g/mol. The molecule has 19 heavy (non-hydrogen) atoms. The fraction of sp³-hybridized carbons (Fsp3) is 0.0667. The summed E-state index contributed by atoms with van der Waals surface area (Å²) in [7, 11) is 0. The van der Waals surface area contributed by atoms with Gasteiger partial charge in [0.25, 0.3) is 0 Å². The van der Waals surface area contributed by atoms with Gasteiger partial charge in [-0.05, 0) is 29.7 Å². The first-order valence-corrected chi connectivity index (χ1v) is 6.62. The van der Waals surface area contributed by atoms with Gasteiger partial charge in [-0.25, -0.2) is 8.78 Å². The lowest BCUT2D eigenvalue weighted by atomic mass is 10.2. The van der Waals surface area contributed by atoms with Gasteiger partial charge in [0, 0.05) is 21.7 Å². The Bertz CT molecular complexity index is 749. The van der Waals surface area contributed by atoms with Crippen LogP contribution in [0.15, 0.2) is 53.1 Å². The lowest BCUT2D eigenvalue weighted by Gasteiger charge is -2.07. The lowest BCUT2D eigenvalue weighted by molar-refractivity contribution is 0.496. The minimum atomic E-state index is -0.810. The number of aromatic nitrogens is 1. The summed E-state index contributed by atoms with van der Waals surface area (Å²) in [5.74, 6) is -1.59. The van der Waals surface area contributed by atoms with Crippen LogP contribution >= 0.6 is 15.9 Å². The van der Waals surface area contributed by atoms with E-state index in [2.05, 4.69) is 15.9 Å². The third-order valence-electron chi connectivity index (χ3n) is 3.11. The van der Waals surface area contributed by atoms with Crippen LogP contribution in [0.2, 0.25) is 0 Å². The van der Waals surface area contributed by atoms with Crippen molar-refractivity contribution >= 4 is 26.8 Å². The van der Waals surface area contributed by atoms with Crippen LogP contribution in [0.1, 0.15) is 5.56 Å². The minimum Gasteiger partial charge on any atom is -0.343 e. The molecule has 0 aliphatic carbocycles. The molecule has 96 valence electrons. The fourth-order valence-electron chi connectivity index (χ4n) is 2.15. The van der Waals surface area contributed by atoms with E-state index in [1.807, 2.05) is 35.0 Å². The first kappa shape index (κ1) is 12.4. The average molecular weight is 322 g/mol. The normalized spacial score (nSPS) is 11.1. The number of halogens is 3. The number of nitrogens with zero attached hydrogens (tertiary/aromatic N) is 1. The molecule has 3 aromatic rings. The summed E-state index contributed by atoms with van der Waals surface area (Å²) in [6.45, 7) is 0.309. The van der Waals surface area contributed by atoms with Crippen molar-refractivity contribution in [3.63, 3.8) is 0 Å². The van der Waals surface area contributed by atoms with Crippen molar-refractivity contribution in [2.45, 2.75) is 6.54 Å². The zero-order valence-corrected chi connectivity index (χ0v) is 11.5. The SMILES string of the molecule is Fc1cccc(Cn2ccc3ccc(Br)cc32)c1F. The summed E-state index contributed by atoms with van der Waals surface area (Å²) in [5.41, 5.74) is 1.33. The molecule has 0 spiro atoms. The van der Waals surface area contributed by atoms with Gasteiger partial charge in [0.2, 0.25) is 0 Å². The van der Waals surface area contributed by atoms with E-state index < -0.39 is 11.6 Å². The summed E-state index contributed by atoms with van der Waals surface area (Å²) in [6, 6.07) is 12.1. The van der Waals surface area contributed by atoms with E-state index in [0.29, 0.717) is 12.1 Å².